The zero-order valence-corrected chi connectivity index (χ0v) is 17.0. The van der Waals surface area contributed by atoms with Crippen LogP contribution in [-0.2, 0) is 0 Å². The number of nitrogens with zero attached hydrogens (tertiary/aromatic N) is 4. The minimum atomic E-state index is -0.257. The highest BCUT2D eigenvalue weighted by atomic mass is 32.1. The molecule has 0 saturated carbocycles. The Labute approximate surface area is 168 Å². The SMILES string of the molecule is COc1cccc(-n2c(C)nc3nc(N4CCC(C)CC4)[nH]c(=O)c3c2=S)c1. The van der Waals surface area contributed by atoms with Crippen LogP contribution in [0.4, 0.5) is 5.95 Å². The quantitative estimate of drug-likeness (QED) is 0.683. The van der Waals surface area contributed by atoms with Crippen molar-refractivity contribution in [2.24, 2.45) is 5.92 Å². The van der Waals surface area contributed by atoms with Crippen molar-refractivity contribution in [3.63, 3.8) is 0 Å². The van der Waals surface area contributed by atoms with Gasteiger partial charge in [-0.3, -0.25) is 14.3 Å². The first kappa shape index (κ1) is 18.6. The molecule has 0 amide bonds. The predicted octanol–water partition coefficient (Wildman–Crippen LogP) is 3.39. The fourth-order valence-corrected chi connectivity index (χ4v) is 4.03. The number of rotatable bonds is 3. The summed E-state index contributed by atoms with van der Waals surface area (Å²) in [5, 5.41) is 0.331. The van der Waals surface area contributed by atoms with Gasteiger partial charge in [-0.05, 0) is 37.8 Å². The topological polar surface area (TPSA) is 76.0 Å². The number of H-pyrrole nitrogens is 1. The van der Waals surface area contributed by atoms with Crippen molar-refractivity contribution in [3.8, 4) is 11.4 Å². The molecule has 1 aliphatic heterocycles. The molecule has 1 fully saturated rings. The summed E-state index contributed by atoms with van der Waals surface area (Å²) in [6.45, 7) is 5.87. The van der Waals surface area contributed by atoms with Gasteiger partial charge in [0.25, 0.3) is 5.56 Å². The molecule has 2 aromatic heterocycles. The third kappa shape index (κ3) is 3.28. The summed E-state index contributed by atoms with van der Waals surface area (Å²) in [6.07, 6.45) is 2.18. The highest BCUT2D eigenvalue weighted by molar-refractivity contribution is 7.71. The number of aryl methyl sites for hydroxylation is 1. The lowest BCUT2D eigenvalue weighted by molar-refractivity contribution is 0.414. The van der Waals surface area contributed by atoms with E-state index >= 15 is 0 Å². The lowest BCUT2D eigenvalue weighted by Gasteiger charge is -2.30. The Kier molecular flexibility index (Phi) is 4.89. The van der Waals surface area contributed by atoms with Crippen LogP contribution < -0.4 is 15.2 Å². The Hall–Kier alpha value is -2.74. The van der Waals surface area contributed by atoms with Gasteiger partial charge in [0, 0.05) is 19.2 Å². The van der Waals surface area contributed by atoms with Crippen LogP contribution in [0.1, 0.15) is 25.6 Å². The summed E-state index contributed by atoms with van der Waals surface area (Å²) in [5.74, 6) is 2.65. The van der Waals surface area contributed by atoms with Crippen LogP contribution >= 0.6 is 12.2 Å². The molecular formula is C20H23N5O2S. The van der Waals surface area contributed by atoms with Gasteiger partial charge in [0.1, 0.15) is 21.6 Å². The van der Waals surface area contributed by atoms with Crippen molar-refractivity contribution in [3.05, 3.63) is 45.1 Å². The first-order valence-electron chi connectivity index (χ1n) is 9.41. The van der Waals surface area contributed by atoms with E-state index in [1.54, 1.807) is 11.7 Å². The number of aromatic amines is 1. The molecule has 1 saturated heterocycles. The molecule has 0 atom stereocenters. The number of hydrogen-bond donors (Lipinski definition) is 1. The maximum Gasteiger partial charge on any atom is 0.264 e. The number of piperidine rings is 1. The highest BCUT2D eigenvalue weighted by Crippen LogP contribution is 2.23. The zero-order valence-electron chi connectivity index (χ0n) is 16.2. The van der Waals surface area contributed by atoms with Crippen LogP contribution in [0.25, 0.3) is 16.7 Å². The van der Waals surface area contributed by atoms with E-state index in [9.17, 15) is 4.79 Å². The van der Waals surface area contributed by atoms with Gasteiger partial charge in [-0.1, -0.05) is 25.2 Å². The molecule has 0 aliphatic carbocycles. The largest absolute Gasteiger partial charge is 0.497 e. The van der Waals surface area contributed by atoms with Crippen LogP contribution in [0.5, 0.6) is 5.75 Å². The Bertz CT molecular complexity index is 1150. The number of nitrogens with one attached hydrogen (secondary N) is 1. The van der Waals surface area contributed by atoms with Crippen molar-refractivity contribution >= 4 is 29.2 Å². The fourth-order valence-electron chi connectivity index (χ4n) is 3.61. The molecule has 0 spiro atoms. The van der Waals surface area contributed by atoms with E-state index in [4.69, 9.17) is 17.0 Å². The maximum absolute atomic E-state index is 12.9. The second-order valence-corrected chi connectivity index (χ2v) is 7.65. The summed E-state index contributed by atoms with van der Waals surface area (Å²) in [4.78, 5) is 27.1. The number of ether oxygens (including phenoxy) is 1. The average molecular weight is 398 g/mol. The van der Waals surface area contributed by atoms with Gasteiger partial charge >= 0.3 is 0 Å². The molecule has 0 radical (unpaired) electrons. The summed E-state index contributed by atoms with van der Waals surface area (Å²) in [5.41, 5.74) is 0.927. The van der Waals surface area contributed by atoms with E-state index in [1.807, 2.05) is 31.2 Å². The molecular weight excluding hydrogens is 374 g/mol. The molecule has 0 unspecified atom stereocenters. The number of anilines is 1. The number of methoxy groups -OCH3 is 1. The normalized spacial score (nSPS) is 15.2. The lowest BCUT2D eigenvalue weighted by Crippen LogP contribution is -2.35. The molecule has 1 aliphatic rings. The first-order chi connectivity index (χ1) is 13.5. The van der Waals surface area contributed by atoms with Crippen molar-refractivity contribution in [1.29, 1.82) is 0 Å². The maximum atomic E-state index is 12.9. The number of aromatic nitrogens is 4. The summed E-state index contributed by atoms with van der Waals surface area (Å²) in [7, 11) is 1.61. The molecule has 7 nitrogen and oxygen atoms in total. The average Bonchev–Trinajstić information content (AvgIpc) is 2.68. The van der Waals surface area contributed by atoms with Gasteiger partial charge in [0.2, 0.25) is 5.95 Å². The molecule has 8 heteroatoms. The minimum Gasteiger partial charge on any atom is -0.497 e. The van der Waals surface area contributed by atoms with Crippen LogP contribution in [0.2, 0.25) is 0 Å². The smallest absolute Gasteiger partial charge is 0.264 e. The van der Waals surface area contributed by atoms with Gasteiger partial charge in [0.15, 0.2) is 5.65 Å². The van der Waals surface area contributed by atoms with E-state index in [0.29, 0.717) is 39.1 Å². The first-order valence-corrected chi connectivity index (χ1v) is 9.82. The monoisotopic (exact) mass is 397 g/mol. The van der Waals surface area contributed by atoms with E-state index in [2.05, 4.69) is 26.8 Å². The van der Waals surface area contributed by atoms with Gasteiger partial charge in [-0.25, -0.2) is 4.98 Å². The summed E-state index contributed by atoms with van der Waals surface area (Å²) >= 11 is 5.65. The minimum absolute atomic E-state index is 0.257. The molecule has 3 aromatic rings. The molecule has 28 heavy (non-hydrogen) atoms. The van der Waals surface area contributed by atoms with Crippen LogP contribution in [0.15, 0.2) is 29.1 Å². The Morgan fingerprint density at radius 2 is 2.00 bits per heavy atom. The summed E-state index contributed by atoms with van der Waals surface area (Å²) in [6, 6.07) is 7.50. The number of fused-ring (bicyclic) bond motifs is 1. The number of benzene rings is 1. The Balaban J connectivity index is 1.86. The molecule has 3 heterocycles. The van der Waals surface area contributed by atoms with E-state index in [1.165, 1.54) is 0 Å². The molecule has 1 aromatic carbocycles. The molecule has 146 valence electrons. The Morgan fingerprint density at radius 1 is 1.25 bits per heavy atom. The zero-order chi connectivity index (χ0) is 19.8. The van der Waals surface area contributed by atoms with E-state index in [-0.39, 0.29) is 5.56 Å². The molecule has 4 rings (SSSR count). The summed E-state index contributed by atoms with van der Waals surface area (Å²) < 4.78 is 7.47. The third-order valence-electron chi connectivity index (χ3n) is 5.29. The van der Waals surface area contributed by atoms with Gasteiger partial charge in [-0.15, -0.1) is 0 Å². The molecule has 1 N–H and O–H groups in total. The third-order valence-corrected chi connectivity index (χ3v) is 5.68. The van der Waals surface area contributed by atoms with Crippen molar-refractivity contribution in [2.45, 2.75) is 26.7 Å². The standard InChI is InChI=1S/C20H23N5O2S/c1-12-7-9-24(10-8-12)20-22-17-16(18(26)23-20)19(28)25(13(2)21-17)14-5-4-6-15(11-14)27-3/h4-6,11-12H,7-10H2,1-3H3,(H,22,23,26). The van der Waals surface area contributed by atoms with Crippen LogP contribution in [0.3, 0.4) is 0 Å². The molecule has 0 bridgehead atoms. The second-order valence-electron chi connectivity index (χ2n) is 7.26. The lowest BCUT2D eigenvalue weighted by atomic mass is 10.00. The van der Waals surface area contributed by atoms with Crippen LogP contribution in [0, 0.1) is 17.5 Å². The van der Waals surface area contributed by atoms with Crippen molar-refractivity contribution in [2.75, 3.05) is 25.1 Å². The van der Waals surface area contributed by atoms with Crippen LogP contribution in [-0.4, -0.2) is 39.7 Å². The van der Waals surface area contributed by atoms with Gasteiger partial charge in [0.05, 0.1) is 12.8 Å². The van der Waals surface area contributed by atoms with Crippen molar-refractivity contribution < 1.29 is 4.74 Å². The number of hydrogen-bond acceptors (Lipinski definition) is 6. The van der Waals surface area contributed by atoms with E-state index in [0.717, 1.165) is 31.6 Å². The van der Waals surface area contributed by atoms with E-state index < -0.39 is 0 Å². The van der Waals surface area contributed by atoms with Crippen molar-refractivity contribution in [1.82, 2.24) is 19.5 Å². The fraction of sp³-hybridized carbons (Fsp3) is 0.400. The Morgan fingerprint density at radius 3 is 2.71 bits per heavy atom. The second kappa shape index (κ2) is 7.35. The highest BCUT2D eigenvalue weighted by Gasteiger charge is 2.20. The predicted molar refractivity (Wildman–Crippen MR) is 112 cm³/mol. The van der Waals surface area contributed by atoms with Gasteiger partial charge < -0.3 is 9.64 Å². The van der Waals surface area contributed by atoms with Gasteiger partial charge in [-0.2, -0.15) is 4.98 Å².